The average Bonchev–Trinajstić information content (AvgIpc) is 2.87. The number of likely N-dealkylation sites (tertiary alicyclic amines) is 1. The molecule has 1 aromatic heterocycles. The number of fused-ring (bicyclic) bond motifs is 1. The first kappa shape index (κ1) is 14.3. The smallest absolute Gasteiger partial charge is 0.182 e. The number of thiazole rings is 1. The molecule has 0 bridgehead atoms. The van der Waals surface area contributed by atoms with Crippen LogP contribution in [0.1, 0.15) is 43.9 Å². The molecule has 1 aromatic rings. The summed E-state index contributed by atoms with van der Waals surface area (Å²) in [6.07, 6.45) is 7.62. The summed E-state index contributed by atoms with van der Waals surface area (Å²) in [5.41, 5.74) is -0.364. The highest BCUT2D eigenvalue weighted by Crippen LogP contribution is 2.40. The fraction of sp³-hybridized carbons (Fsp3) is 0.800. The maximum absolute atomic E-state index is 10.7. The fourth-order valence-electron chi connectivity index (χ4n) is 3.62. The van der Waals surface area contributed by atoms with Crippen LogP contribution in [0, 0.1) is 5.92 Å². The number of aliphatic hydroxyl groups is 1. The zero-order valence-corrected chi connectivity index (χ0v) is 13.1. The Hall–Kier alpha value is -0.650. The Morgan fingerprint density at radius 1 is 1.50 bits per heavy atom. The maximum atomic E-state index is 10.7. The molecule has 2 unspecified atom stereocenters. The normalized spacial score (nSPS) is 31.0. The molecular weight excluding hydrogens is 270 g/mol. The molecule has 0 amide bonds. The molecule has 112 valence electrons. The first-order valence-corrected chi connectivity index (χ1v) is 8.64. The number of anilines is 1. The molecule has 4 nitrogen and oxygen atoms in total. The van der Waals surface area contributed by atoms with Crippen LogP contribution in [0.3, 0.4) is 0 Å². The van der Waals surface area contributed by atoms with E-state index in [4.69, 9.17) is 0 Å². The summed E-state index contributed by atoms with van der Waals surface area (Å²) in [5.74, 6) is 0.478. The number of piperidine rings is 1. The molecular formula is C15H25N3OS. The second-order valence-corrected chi connectivity index (χ2v) is 7.31. The summed E-state index contributed by atoms with van der Waals surface area (Å²) >= 11 is 1.75. The molecule has 3 rings (SSSR count). The van der Waals surface area contributed by atoms with Crippen molar-refractivity contribution in [3.63, 3.8) is 0 Å². The molecule has 20 heavy (non-hydrogen) atoms. The minimum Gasteiger partial charge on any atom is -0.390 e. The maximum Gasteiger partial charge on any atom is 0.182 e. The third-order valence-corrected chi connectivity index (χ3v) is 5.71. The third kappa shape index (κ3) is 3.00. The van der Waals surface area contributed by atoms with Gasteiger partial charge in [-0.15, -0.1) is 11.3 Å². The van der Waals surface area contributed by atoms with Crippen molar-refractivity contribution in [1.82, 2.24) is 9.88 Å². The molecule has 0 aromatic carbocycles. The van der Waals surface area contributed by atoms with Gasteiger partial charge in [0.2, 0.25) is 0 Å². The van der Waals surface area contributed by atoms with Crippen LogP contribution in [0.15, 0.2) is 6.20 Å². The van der Waals surface area contributed by atoms with Gasteiger partial charge in [0.25, 0.3) is 0 Å². The highest BCUT2D eigenvalue weighted by atomic mass is 32.1. The van der Waals surface area contributed by atoms with Crippen LogP contribution < -0.4 is 5.32 Å². The van der Waals surface area contributed by atoms with E-state index in [1.165, 1.54) is 24.1 Å². The average molecular weight is 295 g/mol. The molecule has 0 radical (unpaired) electrons. The second-order valence-electron chi connectivity index (χ2n) is 6.19. The van der Waals surface area contributed by atoms with E-state index in [9.17, 15) is 5.11 Å². The van der Waals surface area contributed by atoms with Gasteiger partial charge in [0.05, 0.1) is 5.60 Å². The summed E-state index contributed by atoms with van der Waals surface area (Å²) in [6, 6.07) is 0. The third-order valence-electron chi connectivity index (χ3n) is 4.77. The van der Waals surface area contributed by atoms with Gasteiger partial charge in [-0.2, -0.15) is 0 Å². The summed E-state index contributed by atoms with van der Waals surface area (Å²) in [4.78, 5) is 8.21. The number of nitrogens with zero attached hydrogens (tertiary/aromatic N) is 2. The lowest BCUT2D eigenvalue weighted by Gasteiger charge is -2.47. The van der Waals surface area contributed by atoms with E-state index in [1.807, 2.05) is 6.20 Å². The summed E-state index contributed by atoms with van der Waals surface area (Å²) in [6.45, 7) is 6.06. The Morgan fingerprint density at radius 3 is 3.25 bits per heavy atom. The lowest BCUT2D eigenvalue weighted by molar-refractivity contribution is -0.0966. The summed E-state index contributed by atoms with van der Waals surface area (Å²) < 4.78 is 0. The van der Waals surface area contributed by atoms with E-state index in [2.05, 4.69) is 22.1 Å². The standard InChI is InChI=1S/C15H25N3OS/c1-2-16-14-17-9-13(20-14)11-18-8-7-15(19)6-4-3-5-12(15)10-18/h9,12,19H,2-8,10-11H2,1H3,(H,16,17). The predicted octanol–water partition coefficient (Wildman–Crippen LogP) is 2.70. The van der Waals surface area contributed by atoms with Crippen LogP contribution in [0.5, 0.6) is 0 Å². The Labute approximate surface area is 125 Å². The molecule has 1 aliphatic heterocycles. The van der Waals surface area contributed by atoms with E-state index in [-0.39, 0.29) is 5.60 Å². The molecule has 2 heterocycles. The number of nitrogens with one attached hydrogen (secondary N) is 1. The Bertz CT molecular complexity index is 450. The van der Waals surface area contributed by atoms with Crippen molar-refractivity contribution in [3.05, 3.63) is 11.1 Å². The number of aromatic nitrogens is 1. The molecule has 5 heteroatoms. The lowest BCUT2D eigenvalue weighted by atomic mass is 9.71. The van der Waals surface area contributed by atoms with Crippen molar-refractivity contribution < 1.29 is 5.11 Å². The van der Waals surface area contributed by atoms with Gasteiger partial charge in [0.15, 0.2) is 5.13 Å². The molecule has 0 spiro atoms. The quantitative estimate of drug-likeness (QED) is 0.896. The molecule has 2 aliphatic rings. The lowest BCUT2D eigenvalue weighted by Crippen LogP contribution is -2.52. The highest BCUT2D eigenvalue weighted by molar-refractivity contribution is 7.15. The highest BCUT2D eigenvalue weighted by Gasteiger charge is 2.42. The van der Waals surface area contributed by atoms with E-state index < -0.39 is 0 Å². The van der Waals surface area contributed by atoms with Gasteiger partial charge in [-0.3, -0.25) is 4.90 Å². The van der Waals surface area contributed by atoms with Crippen molar-refractivity contribution in [2.24, 2.45) is 5.92 Å². The molecule has 2 atom stereocenters. The van der Waals surface area contributed by atoms with Crippen molar-refractivity contribution >= 4 is 16.5 Å². The van der Waals surface area contributed by atoms with Crippen molar-refractivity contribution in [2.75, 3.05) is 25.0 Å². The minimum atomic E-state index is -0.364. The SMILES string of the molecule is CCNc1ncc(CN2CCC3(O)CCCCC3C2)s1. The first-order chi connectivity index (χ1) is 9.69. The van der Waals surface area contributed by atoms with Gasteiger partial charge in [-0.05, 0) is 26.2 Å². The molecule has 1 saturated heterocycles. The minimum absolute atomic E-state index is 0.364. The van der Waals surface area contributed by atoms with Gasteiger partial charge in [0, 0.05) is 43.2 Å². The van der Waals surface area contributed by atoms with Crippen LogP contribution in [-0.4, -0.2) is 40.2 Å². The van der Waals surface area contributed by atoms with E-state index in [1.54, 1.807) is 11.3 Å². The number of hydrogen-bond donors (Lipinski definition) is 2. The number of rotatable bonds is 4. The zero-order valence-electron chi connectivity index (χ0n) is 12.3. The van der Waals surface area contributed by atoms with Gasteiger partial charge in [-0.1, -0.05) is 12.8 Å². The number of hydrogen-bond acceptors (Lipinski definition) is 5. The predicted molar refractivity (Wildman–Crippen MR) is 83.1 cm³/mol. The van der Waals surface area contributed by atoms with Gasteiger partial charge in [0.1, 0.15) is 0 Å². The molecule has 1 saturated carbocycles. The van der Waals surface area contributed by atoms with E-state index >= 15 is 0 Å². The van der Waals surface area contributed by atoms with E-state index in [0.717, 1.165) is 44.2 Å². The Kier molecular flexibility index (Phi) is 4.29. The van der Waals surface area contributed by atoms with Crippen LogP contribution in [0.25, 0.3) is 0 Å². The van der Waals surface area contributed by atoms with Crippen LogP contribution in [0.4, 0.5) is 5.13 Å². The Morgan fingerprint density at radius 2 is 2.40 bits per heavy atom. The van der Waals surface area contributed by atoms with Crippen LogP contribution >= 0.6 is 11.3 Å². The fourth-order valence-corrected chi connectivity index (χ4v) is 4.54. The summed E-state index contributed by atoms with van der Waals surface area (Å²) in [7, 11) is 0. The topological polar surface area (TPSA) is 48.4 Å². The van der Waals surface area contributed by atoms with Crippen molar-refractivity contribution in [1.29, 1.82) is 0 Å². The summed E-state index contributed by atoms with van der Waals surface area (Å²) in [5, 5.41) is 15.0. The van der Waals surface area contributed by atoms with Gasteiger partial charge in [-0.25, -0.2) is 4.98 Å². The van der Waals surface area contributed by atoms with Crippen LogP contribution in [-0.2, 0) is 6.54 Å². The van der Waals surface area contributed by atoms with Gasteiger partial charge >= 0.3 is 0 Å². The van der Waals surface area contributed by atoms with E-state index in [0.29, 0.717) is 5.92 Å². The molecule has 2 fully saturated rings. The van der Waals surface area contributed by atoms with Gasteiger partial charge < -0.3 is 10.4 Å². The largest absolute Gasteiger partial charge is 0.390 e. The second kappa shape index (κ2) is 6.00. The first-order valence-electron chi connectivity index (χ1n) is 7.83. The monoisotopic (exact) mass is 295 g/mol. The van der Waals surface area contributed by atoms with Crippen molar-refractivity contribution in [2.45, 2.75) is 51.2 Å². The molecule has 1 aliphatic carbocycles. The van der Waals surface area contributed by atoms with Crippen LogP contribution in [0.2, 0.25) is 0 Å². The Balaban J connectivity index is 1.58. The zero-order chi connectivity index (χ0) is 14.0. The molecule has 2 N–H and O–H groups in total. The van der Waals surface area contributed by atoms with Crippen molar-refractivity contribution in [3.8, 4) is 0 Å².